The summed E-state index contributed by atoms with van der Waals surface area (Å²) in [5, 5.41) is 0.349. The SMILES string of the molecule is COc1ccc(Cl)cc1S(=O)(=O)N1CCN(c2cc(-n3cccc3)nc(C)n2)CC1. The number of piperazine rings is 1. The lowest BCUT2D eigenvalue weighted by Crippen LogP contribution is -2.49. The first kappa shape index (κ1) is 20.6. The van der Waals surface area contributed by atoms with E-state index >= 15 is 0 Å². The molecule has 2 aromatic heterocycles. The van der Waals surface area contributed by atoms with Crippen molar-refractivity contribution >= 4 is 27.4 Å². The number of anilines is 1. The molecule has 4 rings (SSSR count). The Labute approximate surface area is 180 Å². The molecule has 1 saturated heterocycles. The van der Waals surface area contributed by atoms with Crippen LogP contribution < -0.4 is 9.64 Å². The minimum atomic E-state index is -3.72. The van der Waals surface area contributed by atoms with Crippen molar-refractivity contribution in [1.29, 1.82) is 0 Å². The molecule has 0 saturated carbocycles. The van der Waals surface area contributed by atoms with Gasteiger partial charge in [0.15, 0.2) is 0 Å². The van der Waals surface area contributed by atoms with E-state index in [2.05, 4.69) is 14.9 Å². The fourth-order valence-corrected chi connectivity index (χ4v) is 5.31. The van der Waals surface area contributed by atoms with Gasteiger partial charge in [-0.15, -0.1) is 0 Å². The molecule has 0 atom stereocenters. The number of rotatable bonds is 5. The summed E-state index contributed by atoms with van der Waals surface area (Å²) < 4.78 is 34.9. The second-order valence-corrected chi connectivity index (χ2v) is 9.25. The summed E-state index contributed by atoms with van der Waals surface area (Å²) in [6.45, 7) is 3.55. The fraction of sp³-hybridized carbons (Fsp3) is 0.300. The lowest BCUT2D eigenvalue weighted by molar-refractivity contribution is 0.373. The summed E-state index contributed by atoms with van der Waals surface area (Å²) in [5.74, 6) is 2.50. The van der Waals surface area contributed by atoms with Gasteiger partial charge in [-0.2, -0.15) is 4.31 Å². The fourth-order valence-electron chi connectivity index (χ4n) is 3.47. The van der Waals surface area contributed by atoms with Gasteiger partial charge in [0.25, 0.3) is 0 Å². The Morgan fingerprint density at radius 2 is 1.67 bits per heavy atom. The Balaban J connectivity index is 1.54. The molecular weight excluding hydrogens is 426 g/mol. The molecule has 0 amide bonds. The van der Waals surface area contributed by atoms with Crippen molar-refractivity contribution in [2.45, 2.75) is 11.8 Å². The first-order chi connectivity index (χ1) is 14.4. The quantitative estimate of drug-likeness (QED) is 0.598. The van der Waals surface area contributed by atoms with E-state index in [1.54, 1.807) is 12.1 Å². The maximum atomic E-state index is 13.2. The third kappa shape index (κ3) is 4.00. The molecule has 3 aromatic rings. The van der Waals surface area contributed by atoms with Crippen LogP contribution in [-0.2, 0) is 10.0 Å². The monoisotopic (exact) mass is 447 g/mol. The van der Waals surface area contributed by atoms with E-state index in [4.69, 9.17) is 16.3 Å². The zero-order valence-corrected chi connectivity index (χ0v) is 18.3. The van der Waals surface area contributed by atoms with Gasteiger partial charge in [-0.1, -0.05) is 11.6 Å². The van der Waals surface area contributed by atoms with E-state index in [9.17, 15) is 8.42 Å². The summed E-state index contributed by atoms with van der Waals surface area (Å²) >= 11 is 6.03. The highest BCUT2D eigenvalue weighted by Crippen LogP contribution is 2.30. The van der Waals surface area contributed by atoms with Crippen molar-refractivity contribution in [2.24, 2.45) is 0 Å². The highest BCUT2D eigenvalue weighted by Gasteiger charge is 2.31. The molecule has 0 N–H and O–H groups in total. The van der Waals surface area contributed by atoms with Gasteiger partial charge in [0.2, 0.25) is 10.0 Å². The molecule has 10 heteroatoms. The summed E-state index contributed by atoms with van der Waals surface area (Å²) in [6, 6.07) is 10.4. The average molecular weight is 448 g/mol. The van der Waals surface area contributed by atoms with Crippen LogP contribution in [-0.4, -0.2) is 60.5 Å². The van der Waals surface area contributed by atoms with Crippen molar-refractivity contribution in [3.05, 3.63) is 59.6 Å². The van der Waals surface area contributed by atoms with Crippen LogP contribution in [0.3, 0.4) is 0 Å². The van der Waals surface area contributed by atoms with Gasteiger partial charge in [0.05, 0.1) is 7.11 Å². The smallest absolute Gasteiger partial charge is 0.246 e. The predicted octanol–water partition coefficient (Wildman–Crippen LogP) is 2.75. The molecule has 0 unspecified atom stereocenters. The molecule has 0 aliphatic carbocycles. The number of ether oxygens (including phenoxy) is 1. The Morgan fingerprint density at radius 1 is 1.00 bits per heavy atom. The van der Waals surface area contributed by atoms with E-state index in [0.29, 0.717) is 37.0 Å². The van der Waals surface area contributed by atoms with Crippen LogP contribution in [0.1, 0.15) is 5.82 Å². The van der Waals surface area contributed by atoms with Crippen LogP contribution in [0.2, 0.25) is 5.02 Å². The molecular formula is C20H22ClN5O3S. The van der Waals surface area contributed by atoms with Crippen molar-refractivity contribution in [2.75, 3.05) is 38.2 Å². The number of benzene rings is 1. The second-order valence-electron chi connectivity index (χ2n) is 6.91. The minimum absolute atomic E-state index is 0.0822. The summed E-state index contributed by atoms with van der Waals surface area (Å²) in [4.78, 5) is 11.2. The Morgan fingerprint density at radius 3 is 2.33 bits per heavy atom. The molecule has 30 heavy (non-hydrogen) atoms. The number of methoxy groups -OCH3 is 1. The van der Waals surface area contributed by atoms with Gasteiger partial charge in [-0.3, -0.25) is 0 Å². The molecule has 1 aliphatic heterocycles. The standard InChI is InChI=1S/C20H22ClN5O3S/c1-15-22-19(24-7-3-4-8-24)14-20(23-15)25-9-11-26(12-10-25)30(27,28)18-13-16(21)5-6-17(18)29-2/h3-8,13-14H,9-12H2,1-2H3. The van der Waals surface area contributed by atoms with Crippen LogP contribution >= 0.6 is 11.6 Å². The molecule has 0 spiro atoms. The minimum Gasteiger partial charge on any atom is -0.495 e. The van der Waals surface area contributed by atoms with E-state index in [-0.39, 0.29) is 10.6 Å². The zero-order chi connectivity index (χ0) is 21.3. The Kier molecular flexibility index (Phi) is 5.68. The number of aromatic nitrogens is 3. The van der Waals surface area contributed by atoms with Gasteiger partial charge in [-0.25, -0.2) is 18.4 Å². The van der Waals surface area contributed by atoms with Gasteiger partial charge >= 0.3 is 0 Å². The van der Waals surface area contributed by atoms with Crippen LogP contribution in [0.4, 0.5) is 5.82 Å². The Hall–Kier alpha value is -2.62. The van der Waals surface area contributed by atoms with Crippen molar-refractivity contribution < 1.29 is 13.2 Å². The highest BCUT2D eigenvalue weighted by molar-refractivity contribution is 7.89. The molecule has 1 fully saturated rings. The van der Waals surface area contributed by atoms with E-state index in [0.717, 1.165) is 11.6 Å². The number of halogens is 1. The maximum Gasteiger partial charge on any atom is 0.246 e. The number of hydrogen-bond donors (Lipinski definition) is 0. The summed E-state index contributed by atoms with van der Waals surface area (Å²) in [6.07, 6.45) is 3.85. The molecule has 3 heterocycles. The second kappa shape index (κ2) is 8.25. The first-order valence-corrected chi connectivity index (χ1v) is 11.3. The Bertz CT molecular complexity index is 1140. The van der Waals surface area contributed by atoms with Crippen molar-refractivity contribution in [3.63, 3.8) is 0 Å². The third-order valence-corrected chi connectivity index (χ3v) is 7.14. The molecule has 158 valence electrons. The first-order valence-electron chi connectivity index (χ1n) is 9.46. The van der Waals surface area contributed by atoms with Gasteiger partial charge in [-0.05, 0) is 37.3 Å². The van der Waals surface area contributed by atoms with E-state index in [1.165, 1.54) is 17.5 Å². The average Bonchev–Trinajstić information content (AvgIpc) is 3.28. The molecule has 0 bridgehead atoms. The lowest BCUT2D eigenvalue weighted by atomic mass is 10.3. The maximum absolute atomic E-state index is 13.2. The predicted molar refractivity (Wildman–Crippen MR) is 115 cm³/mol. The highest BCUT2D eigenvalue weighted by atomic mass is 35.5. The molecule has 1 aliphatic rings. The summed E-state index contributed by atoms with van der Waals surface area (Å²) in [7, 11) is -2.28. The van der Waals surface area contributed by atoms with Gasteiger partial charge in [0, 0.05) is 49.7 Å². The van der Waals surface area contributed by atoms with Crippen LogP contribution in [0, 0.1) is 6.92 Å². The lowest BCUT2D eigenvalue weighted by Gasteiger charge is -2.35. The normalized spacial score (nSPS) is 15.4. The van der Waals surface area contributed by atoms with Gasteiger partial charge < -0.3 is 14.2 Å². The van der Waals surface area contributed by atoms with E-state index < -0.39 is 10.0 Å². The van der Waals surface area contributed by atoms with Crippen LogP contribution in [0.25, 0.3) is 5.82 Å². The largest absolute Gasteiger partial charge is 0.495 e. The summed E-state index contributed by atoms with van der Waals surface area (Å²) in [5.41, 5.74) is 0. The number of nitrogens with zero attached hydrogens (tertiary/aromatic N) is 5. The van der Waals surface area contributed by atoms with E-state index in [1.807, 2.05) is 42.1 Å². The third-order valence-electron chi connectivity index (χ3n) is 4.99. The van der Waals surface area contributed by atoms with Crippen LogP contribution in [0.15, 0.2) is 53.7 Å². The number of sulfonamides is 1. The molecule has 0 radical (unpaired) electrons. The van der Waals surface area contributed by atoms with Crippen molar-refractivity contribution in [1.82, 2.24) is 18.8 Å². The topological polar surface area (TPSA) is 80.6 Å². The molecule has 1 aromatic carbocycles. The van der Waals surface area contributed by atoms with Crippen molar-refractivity contribution in [3.8, 4) is 11.6 Å². The van der Waals surface area contributed by atoms with Gasteiger partial charge in [0.1, 0.15) is 28.1 Å². The number of hydrogen-bond acceptors (Lipinski definition) is 6. The zero-order valence-electron chi connectivity index (χ0n) is 16.7. The van der Waals surface area contributed by atoms with Crippen LogP contribution in [0.5, 0.6) is 5.75 Å². The molecule has 8 nitrogen and oxygen atoms in total. The number of aryl methyl sites for hydroxylation is 1.